The van der Waals surface area contributed by atoms with E-state index in [2.05, 4.69) is 60.5 Å². The lowest BCUT2D eigenvalue weighted by Crippen LogP contribution is -2.47. The smallest absolute Gasteiger partial charge is 0.270 e. The van der Waals surface area contributed by atoms with Crippen molar-refractivity contribution < 1.29 is 9.32 Å². The molecule has 190 valence electrons. The van der Waals surface area contributed by atoms with Crippen LogP contribution in [0.1, 0.15) is 54.0 Å². The lowest BCUT2D eigenvalue weighted by Gasteiger charge is -2.38. The maximum Gasteiger partial charge on any atom is 0.270 e. The molecule has 1 saturated heterocycles. The van der Waals surface area contributed by atoms with E-state index in [1.54, 1.807) is 0 Å². The van der Waals surface area contributed by atoms with Crippen molar-refractivity contribution in [3.05, 3.63) is 63.2 Å². The van der Waals surface area contributed by atoms with Gasteiger partial charge in [0.2, 0.25) is 0 Å². The Kier molecular flexibility index (Phi) is 6.99. The minimum absolute atomic E-state index is 0.0572. The first-order chi connectivity index (χ1) is 17.2. The number of nitrogens with zero attached hydrogens (tertiary/aromatic N) is 4. The Morgan fingerprint density at radius 1 is 1.17 bits per heavy atom. The number of aryl methyl sites for hydroxylation is 2. The van der Waals surface area contributed by atoms with E-state index in [0.717, 1.165) is 58.5 Å². The van der Waals surface area contributed by atoms with Crippen molar-refractivity contribution in [1.82, 2.24) is 19.5 Å². The highest BCUT2D eigenvalue weighted by Crippen LogP contribution is 2.33. The van der Waals surface area contributed by atoms with E-state index in [1.165, 1.54) is 11.3 Å². The van der Waals surface area contributed by atoms with E-state index in [-0.39, 0.29) is 11.9 Å². The van der Waals surface area contributed by atoms with Crippen LogP contribution >= 0.6 is 22.9 Å². The summed E-state index contributed by atoms with van der Waals surface area (Å²) in [5, 5.41) is 5.44. The molecule has 0 saturated carbocycles. The number of hydrogen-bond acceptors (Lipinski definition) is 5. The van der Waals surface area contributed by atoms with Crippen LogP contribution in [0.2, 0.25) is 4.34 Å². The van der Waals surface area contributed by atoms with Gasteiger partial charge >= 0.3 is 0 Å². The van der Waals surface area contributed by atoms with Crippen LogP contribution < -0.4 is 0 Å². The molecule has 0 bridgehead atoms. The van der Waals surface area contributed by atoms with Crippen LogP contribution in [0.3, 0.4) is 0 Å². The molecule has 5 rings (SSSR count). The highest BCUT2D eigenvalue weighted by atomic mass is 35.5. The SMILES string of the molecule is Cc1ccc(C)c2c1cc(C(=O)N(C)C1CCN(C(C)C)CC1)n2Cc1cc(-c2ccc(Cl)s2)on1. The van der Waals surface area contributed by atoms with Gasteiger partial charge in [-0.15, -0.1) is 11.3 Å². The number of aromatic nitrogens is 2. The number of amides is 1. The highest BCUT2D eigenvalue weighted by molar-refractivity contribution is 7.19. The Morgan fingerprint density at radius 3 is 2.56 bits per heavy atom. The average molecular weight is 525 g/mol. The lowest BCUT2D eigenvalue weighted by molar-refractivity contribution is 0.0606. The molecular formula is C28H33ClN4O2S. The van der Waals surface area contributed by atoms with Crippen molar-refractivity contribution in [1.29, 1.82) is 0 Å². The number of carbonyl (C=O) groups excluding carboxylic acids is 1. The molecule has 8 heteroatoms. The van der Waals surface area contributed by atoms with Crippen LogP contribution in [0.4, 0.5) is 0 Å². The molecule has 0 atom stereocenters. The molecule has 1 fully saturated rings. The third-order valence-electron chi connectivity index (χ3n) is 7.49. The van der Waals surface area contributed by atoms with Gasteiger partial charge in [-0.05, 0) is 69.9 Å². The fraction of sp³-hybridized carbons (Fsp3) is 0.429. The van der Waals surface area contributed by atoms with Gasteiger partial charge in [0.05, 0.1) is 21.3 Å². The fourth-order valence-electron chi connectivity index (χ4n) is 5.28. The zero-order chi connectivity index (χ0) is 25.6. The van der Waals surface area contributed by atoms with E-state index in [0.29, 0.717) is 28.4 Å². The number of thiophene rings is 1. The summed E-state index contributed by atoms with van der Waals surface area (Å²) >= 11 is 7.57. The van der Waals surface area contributed by atoms with Gasteiger partial charge in [0.15, 0.2) is 5.76 Å². The Morgan fingerprint density at radius 2 is 1.89 bits per heavy atom. The van der Waals surface area contributed by atoms with Gasteiger partial charge in [-0.1, -0.05) is 28.9 Å². The molecule has 0 radical (unpaired) electrons. The van der Waals surface area contributed by atoms with Crippen molar-refractivity contribution >= 4 is 39.7 Å². The Balaban J connectivity index is 1.48. The van der Waals surface area contributed by atoms with E-state index in [9.17, 15) is 4.79 Å². The number of piperidine rings is 1. The normalized spacial score (nSPS) is 15.3. The fourth-order valence-corrected chi connectivity index (χ4v) is 6.27. The molecule has 1 aliphatic rings. The van der Waals surface area contributed by atoms with Crippen molar-refractivity contribution in [2.45, 2.75) is 59.2 Å². The Hall–Kier alpha value is -2.61. The van der Waals surface area contributed by atoms with Crippen LogP contribution in [0, 0.1) is 13.8 Å². The molecule has 6 nitrogen and oxygen atoms in total. The molecule has 1 amide bonds. The van der Waals surface area contributed by atoms with E-state index in [4.69, 9.17) is 16.1 Å². The van der Waals surface area contributed by atoms with Crippen molar-refractivity contribution in [2.75, 3.05) is 20.1 Å². The van der Waals surface area contributed by atoms with Gasteiger partial charge in [-0.3, -0.25) is 4.79 Å². The number of hydrogen-bond donors (Lipinski definition) is 0. The molecule has 1 aromatic carbocycles. The summed E-state index contributed by atoms with van der Waals surface area (Å²) in [5.74, 6) is 0.745. The van der Waals surface area contributed by atoms with Crippen molar-refractivity contribution in [3.63, 3.8) is 0 Å². The summed E-state index contributed by atoms with van der Waals surface area (Å²) in [6.07, 6.45) is 1.99. The number of carbonyl (C=O) groups is 1. The van der Waals surface area contributed by atoms with Gasteiger partial charge in [-0.25, -0.2) is 0 Å². The number of fused-ring (bicyclic) bond motifs is 1. The van der Waals surface area contributed by atoms with Crippen molar-refractivity contribution in [2.24, 2.45) is 0 Å². The largest absolute Gasteiger partial charge is 0.355 e. The summed E-state index contributed by atoms with van der Waals surface area (Å²) in [4.78, 5) is 19.3. The molecule has 0 spiro atoms. The summed E-state index contributed by atoms with van der Waals surface area (Å²) in [5.41, 5.74) is 4.83. The van der Waals surface area contributed by atoms with Gasteiger partial charge < -0.3 is 18.9 Å². The highest BCUT2D eigenvalue weighted by Gasteiger charge is 2.29. The molecule has 3 aromatic heterocycles. The molecule has 1 aliphatic heterocycles. The third-order valence-corrected chi connectivity index (χ3v) is 8.74. The monoisotopic (exact) mass is 524 g/mol. The Bertz CT molecular complexity index is 1390. The van der Waals surface area contributed by atoms with Gasteiger partial charge in [0, 0.05) is 43.7 Å². The molecule has 4 heterocycles. The maximum absolute atomic E-state index is 13.9. The second kappa shape index (κ2) is 10.0. The molecule has 0 aliphatic carbocycles. The van der Waals surface area contributed by atoms with Gasteiger partial charge in [0.1, 0.15) is 11.4 Å². The van der Waals surface area contributed by atoms with Crippen LogP contribution in [-0.4, -0.2) is 57.7 Å². The second-order valence-corrected chi connectivity index (χ2v) is 11.9. The van der Waals surface area contributed by atoms with Crippen LogP contribution in [0.15, 0.2) is 40.9 Å². The van der Waals surface area contributed by atoms with Crippen LogP contribution in [0.5, 0.6) is 0 Å². The average Bonchev–Trinajstić information content (AvgIpc) is 3.60. The maximum atomic E-state index is 13.9. The number of benzene rings is 1. The van der Waals surface area contributed by atoms with Gasteiger partial charge in [0.25, 0.3) is 5.91 Å². The first-order valence-electron chi connectivity index (χ1n) is 12.5. The first-order valence-corrected chi connectivity index (χ1v) is 13.7. The van der Waals surface area contributed by atoms with Gasteiger partial charge in [-0.2, -0.15) is 0 Å². The standard InChI is InChI=1S/C28H33ClN4O2S/c1-17(2)32-12-10-21(11-13-32)31(5)28(34)23-15-22-18(3)6-7-19(4)27(22)33(23)16-20-14-24(35-30-20)25-8-9-26(29)36-25/h6-9,14-15,17,21H,10-13,16H2,1-5H3. The predicted octanol–water partition coefficient (Wildman–Crippen LogP) is 6.62. The van der Waals surface area contributed by atoms with E-state index >= 15 is 0 Å². The number of halogens is 1. The molecule has 4 aromatic rings. The quantitative estimate of drug-likeness (QED) is 0.284. The number of rotatable bonds is 6. The second-order valence-electron chi connectivity index (χ2n) is 10.1. The minimum atomic E-state index is 0.0572. The lowest BCUT2D eigenvalue weighted by atomic mass is 10.0. The third kappa shape index (κ3) is 4.72. The molecular weight excluding hydrogens is 492 g/mol. The molecule has 0 unspecified atom stereocenters. The van der Waals surface area contributed by atoms with E-state index in [1.807, 2.05) is 30.1 Å². The summed E-state index contributed by atoms with van der Waals surface area (Å²) in [7, 11) is 1.95. The van der Waals surface area contributed by atoms with E-state index < -0.39 is 0 Å². The first kappa shape index (κ1) is 25.1. The minimum Gasteiger partial charge on any atom is -0.355 e. The molecule has 36 heavy (non-hydrogen) atoms. The molecule has 0 N–H and O–H groups in total. The zero-order valence-electron chi connectivity index (χ0n) is 21.5. The Labute approximate surface area is 221 Å². The predicted molar refractivity (Wildman–Crippen MR) is 147 cm³/mol. The van der Waals surface area contributed by atoms with Crippen molar-refractivity contribution in [3.8, 4) is 10.6 Å². The summed E-state index contributed by atoms with van der Waals surface area (Å²) < 4.78 is 8.46. The zero-order valence-corrected chi connectivity index (χ0v) is 23.1. The summed E-state index contributed by atoms with van der Waals surface area (Å²) in [6.45, 7) is 11.2. The topological polar surface area (TPSA) is 54.5 Å². The van der Waals surface area contributed by atoms with Crippen LogP contribution in [0.25, 0.3) is 21.5 Å². The summed E-state index contributed by atoms with van der Waals surface area (Å²) in [6, 6.07) is 12.8. The number of likely N-dealkylation sites (tertiary alicyclic amines) is 1. The van der Waals surface area contributed by atoms with Crippen LogP contribution in [-0.2, 0) is 6.54 Å².